The van der Waals surface area contributed by atoms with Gasteiger partial charge in [-0.25, -0.2) is 13.1 Å². The average molecular weight is 403 g/mol. The Bertz CT molecular complexity index is 955. The zero-order valence-corrected chi connectivity index (χ0v) is 17.3. The minimum atomic E-state index is -3.61. The molecule has 0 spiro atoms. The molecule has 150 valence electrons. The second kappa shape index (κ2) is 8.32. The van der Waals surface area contributed by atoms with Crippen molar-refractivity contribution in [1.82, 2.24) is 4.72 Å². The normalized spacial score (nSPS) is 17.2. The van der Waals surface area contributed by atoms with Crippen LogP contribution in [0, 0.1) is 19.8 Å². The molecule has 1 saturated heterocycles. The van der Waals surface area contributed by atoms with Crippen molar-refractivity contribution in [2.75, 3.05) is 24.6 Å². The van der Waals surface area contributed by atoms with Gasteiger partial charge >= 0.3 is 0 Å². The lowest BCUT2D eigenvalue weighted by atomic mass is 10.1. The Morgan fingerprint density at radius 1 is 1.14 bits per heavy atom. The maximum absolute atomic E-state index is 12.7. The van der Waals surface area contributed by atoms with E-state index in [9.17, 15) is 13.2 Å². The molecule has 0 unspecified atom stereocenters. The van der Waals surface area contributed by atoms with Crippen LogP contribution in [0.25, 0.3) is 0 Å². The van der Waals surface area contributed by atoms with Crippen molar-refractivity contribution in [2.45, 2.75) is 32.1 Å². The van der Waals surface area contributed by atoms with Gasteiger partial charge in [-0.1, -0.05) is 12.1 Å². The number of aryl methyl sites for hydroxylation is 2. The summed E-state index contributed by atoms with van der Waals surface area (Å²) in [6, 6.07) is 12.7. The SMILES string of the molecule is CCOc1ccc(N2C[C@H](CNS(=O)(=O)c3cc(C)ccc3C)CC2=O)cc1. The van der Waals surface area contributed by atoms with Gasteiger partial charge in [0.15, 0.2) is 0 Å². The fourth-order valence-electron chi connectivity index (χ4n) is 3.36. The van der Waals surface area contributed by atoms with Crippen molar-refractivity contribution in [2.24, 2.45) is 5.92 Å². The van der Waals surface area contributed by atoms with Crippen LogP contribution in [-0.4, -0.2) is 34.0 Å². The number of amides is 1. The lowest BCUT2D eigenvalue weighted by Crippen LogP contribution is -2.31. The highest BCUT2D eigenvalue weighted by Crippen LogP contribution is 2.27. The van der Waals surface area contributed by atoms with Gasteiger partial charge in [0.25, 0.3) is 0 Å². The summed E-state index contributed by atoms with van der Waals surface area (Å²) in [7, 11) is -3.61. The number of rotatable bonds is 7. The number of anilines is 1. The highest BCUT2D eigenvalue weighted by atomic mass is 32.2. The first-order chi connectivity index (χ1) is 13.3. The number of hydrogen-bond donors (Lipinski definition) is 1. The first-order valence-corrected chi connectivity index (χ1v) is 10.9. The van der Waals surface area contributed by atoms with E-state index < -0.39 is 10.0 Å². The fraction of sp³-hybridized carbons (Fsp3) is 0.381. The molecule has 6 nitrogen and oxygen atoms in total. The van der Waals surface area contributed by atoms with Gasteiger partial charge in [-0.05, 0) is 68.1 Å². The van der Waals surface area contributed by atoms with Crippen molar-refractivity contribution in [1.29, 1.82) is 0 Å². The predicted molar refractivity (Wildman–Crippen MR) is 109 cm³/mol. The Labute approximate surface area is 166 Å². The van der Waals surface area contributed by atoms with Gasteiger partial charge in [0.05, 0.1) is 11.5 Å². The summed E-state index contributed by atoms with van der Waals surface area (Å²) in [5.41, 5.74) is 2.40. The minimum absolute atomic E-state index is 0.0000870. The molecule has 1 N–H and O–H groups in total. The summed E-state index contributed by atoms with van der Waals surface area (Å²) in [6.07, 6.45) is 0.322. The largest absolute Gasteiger partial charge is 0.494 e. The molecule has 1 aliphatic heterocycles. The molecule has 0 saturated carbocycles. The average Bonchev–Trinajstić information content (AvgIpc) is 3.04. The minimum Gasteiger partial charge on any atom is -0.494 e. The van der Waals surface area contributed by atoms with Crippen molar-refractivity contribution in [3.63, 3.8) is 0 Å². The van der Waals surface area contributed by atoms with Gasteiger partial charge in [-0.3, -0.25) is 4.79 Å². The van der Waals surface area contributed by atoms with E-state index in [0.717, 1.165) is 17.0 Å². The van der Waals surface area contributed by atoms with E-state index in [0.29, 0.717) is 30.0 Å². The molecule has 3 rings (SSSR count). The Morgan fingerprint density at radius 3 is 2.54 bits per heavy atom. The Morgan fingerprint density at radius 2 is 1.86 bits per heavy atom. The van der Waals surface area contributed by atoms with Gasteiger partial charge in [0.2, 0.25) is 15.9 Å². The molecule has 0 aliphatic carbocycles. The van der Waals surface area contributed by atoms with Crippen LogP contribution < -0.4 is 14.4 Å². The lowest BCUT2D eigenvalue weighted by Gasteiger charge is -2.18. The third-order valence-electron chi connectivity index (χ3n) is 4.86. The summed E-state index contributed by atoms with van der Waals surface area (Å²) in [6.45, 7) is 6.87. The van der Waals surface area contributed by atoms with Crippen molar-refractivity contribution in [3.05, 3.63) is 53.6 Å². The Kier molecular flexibility index (Phi) is 6.05. The molecule has 2 aromatic rings. The molecule has 0 bridgehead atoms. The monoisotopic (exact) mass is 402 g/mol. The number of carbonyl (C=O) groups excluding carboxylic acids is 1. The van der Waals surface area contributed by atoms with E-state index in [4.69, 9.17) is 4.74 Å². The third-order valence-corrected chi connectivity index (χ3v) is 6.43. The number of nitrogens with one attached hydrogen (secondary N) is 1. The number of nitrogens with zero attached hydrogens (tertiary/aromatic N) is 1. The molecule has 7 heteroatoms. The van der Waals surface area contributed by atoms with E-state index in [2.05, 4.69) is 4.72 Å². The van der Waals surface area contributed by atoms with Gasteiger partial charge in [0.1, 0.15) is 5.75 Å². The summed E-state index contributed by atoms with van der Waals surface area (Å²) in [4.78, 5) is 14.4. The number of hydrogen-bond acceptors (Lipinski definition) is 4. The molecular weight excluding hydrogens is 376 g/mol. The Balaban J connectivity index is 1.65. The fourth-order valence-corrected chi connectivity index (χ4v) is 4.80. The van der Waals surface area contributed by atoms with Gasteiger partial charge < -0.3 is 9.64 Å². The van der Waals surface area contributed by atoms with Crippen molar-refractivity contribution >= 4 is 21.6 Å². The van der Waals surface area contributed by atoms with E-state index in [1.165, 1.54) is 0 Å². The van der Waals surface area contributed by atoms with Crippen LogP contribution in [0.5, 0.6) is 5.75 Å². The van der Waals surface area contributed by atoms with Crippen LogP contribution in [0.2, 0.25) is 0 Å². The molecule has 1 amide bonds. The van der Waals surface area contributed by atoms with E-state index in [1.54, 1.807) is 24.0 Å². The highest BCUT2D eigenvalue weighted by molar-refractivity contribution is 7.89. The van der Waals surface area contributed by atoms with Crippen molar-refractivity contribution in [3.8, 4) is 5.75 Å². The maximum Gasteiger partial charge on any atom is 0.240 e. The van der Waals surface area contributed by atoms with Gasteiger partial charge in [-0.15, -0.1) is 0 Å². The first-order valence-electron chi connectivity index (χ1n) is 9.40. The van der Waals surface area contributed by atoms with Crippen LogP contribution in [0.3, 0.4) is 0 Å². The van der Waals surface area contributed by atoms with Crippen LogP contribution in [0.1, 0.15) is 24.5 Å². The summed E-state index contributed by atoms with van der Waals surface area (Å²) in [5, 5.41) is 0. The van der Waals surface area contributed by atoms with Gasteiger partial charge in [0, 0.05) is 25.2 Å². The topological polar surface area (TPSA) is 75.7 Å². The molecule has 2 aromatic carbocycles. The van der Waals surface area contributed by atoms with Crippen molar-refractivity contribution < 1.29 is 17.9 Å². The molecule has 0 aromatic heterocycles. The predicted octanol–water partition coefficient (Wildman–Crippen LogP) is 3.03. The van der Waals surface area contributed by atoms with Crippen LogP contribution in [-0.2, 0) is 14.8 Å². The van der Waals surface area contributed by atoms with E-state index in [1.807, 2.05) is 44.2 Å². The van der Waals surface area contributed by atoms with E-state index in [-0.39, 0.29) is 18.4 Å². The quantitative estimate of drug-likeness (QED) is 0.772. The molecule has 0 radical (unpaired) electrons. The number of sulfonamides is 1. The molecule has 1 heterocycles. The summed E-state index contributed by atoms with van der Waals surface area (Å²) >= 11 is 0. The maximum atomic E-state index is 12.7. The summed E-state index contributed by atoms with van der Waals surface area (Å²) in [5.74, 6) is 0.690. The summed E-state index contributed by atoms with van der Waals surface area (Å²) < 4.78 is 33.4. The first kappa shape index (κ1) is 20.4. The van der Waals surface area contributed by atoms with E-state index >= 15 is 0 Å². The zero-order chi connectivity index (χ0) is 20.3. The molecule has 1 aliphatic rings. The Hall–Kier alpha value is -2.38. The standard InChI is InChI=1S/C21H26N2O4S/c1-4-27-19-9-7-18(8-10-19)23-14-17(12-21(23)24)13-22-28(25,26)20-11-15(2)5-6-16(20)3/h5-11,17,22H,4,12-14H2,1-3H3/t17-/m0/s1. The smallest absolute Gasteiger partial charge is 0.240 e. The molecule has 1 atom stereocenters. The van der Waals surface area contributed by atoms with Crippen LogP contribution >= 0.6 is 0 Å². The lowest BCUT2D eigenvalue weighted by molar-refractivity contribution is -0.117. The second-order valence-corrected chi connectivity index (χ2v) is 8.86. The number of benzene rings is 2. The zero-order valence-electron chi connectivity index (χ0n) is 16.4. The highest BCUT2D eigenvalue weighted by Gasteiger charge is 2.31. The second-order valence-electron chi connectivity index (χ2n) is 7.12. The molecular formula is C21H26N2O4S. The molecule has 28 heavy (non-hydrogen) atoms. The van der Waals surface area contributed by atoms with Gasteiger partial charge in [-0.2, -0.15) is 0 Å². The number of carbonyl (C=O) groups is 1. The third kappa shape index (κ3) is 4.54. The number of ether oxygens (including phenoxy) is 1. The van der Waals surface area contributed by atoms with Crippen LogP contribution in [0.4, 0.5) is 5.69 Å². The van der Waals surface area contributed by atoms with Crippen LogP contribution in [0.15, 0.2) is 47.4 Å². The molecule has 1 fully saturated rings.